The lowest BCUT2D eigenvalue weighted by Crippen LogP contribution is -2.37. The van der Waals surface area contributed by atoms with Crippen LogP contribution in [0.1, 0.15) is 18.9 Å². The Morgan fingerprint density at radius 2 is 2.24 bits per heavy atom. The molecule has 116 valence electrons. The van der Waals surface area contributed by atoms with Gasteiger partial charge >= 0.3 is 0 Å². The molecule has 1 amide bonds. The summed E-state index contributed by atoms with van der Waals surface area (Å²) in [5.41, 5.74) is 6.21. The Balaban J connectivity index is 2.19. The van der Waals surface area contributed by atoms with Crippen molar-refractivity contribution in [2.24, 2.45) is 5.73 Å². The number of sulfonamides is 1. The van der Waals surface area contributed by atoms with Crippen LogP contribution < -0.4 is 11.1 Å². The van der Waals surface area contributed by atoms with Gasteiger partial charge in [-0.3, -0.25) is 4.79 Å². The lowest BCUT2D eigenvalue weighted by molar-refractivity contribution is -0.119. The van der Waals surface area contributed by atoms with Gasteiger partial charge in [-0.2, -0.15) is 4.31 Å². The number of halogens is 1. The molecule has 21 heavy (non-hydrogen) atoms. The number of benzene rings is 1. The fraction of sp³-hybridized carbons (Fsp3) is 0.462. The predicted molar refractivity (Wildman–Crippen MR) is 80.3 cm³/mol. The molecule has 1 aliphatic rings. The van der Waals surface area contributed by atoms with Gasteiger partial charge in [-0.1, -0.05) is 17.7 Å². The molecule has 1 unspecified atom stereocenters. The summed E-state index contributed by atoms with van der Waals surface area (Å²) in [5, 5.41) is 3.08. The zero-order chi connectivity index (χ0) is 15.6. The van der Waals surface area contributed by atoms with Gasteiger partial charge in [0.05, 0.1) is 4.90 Å². The molecule has 0 bridgehead atoms. The third-order valence-electron chi connectivity index (χ3n) is 3.44. The number of hydrogen-bond acceptors (Lipinski definition) is 4. The van der Waals surface area contributed by atoms with Gasteiger partial charge in [-0.05, 0) is 24.1 Å². The molecular formula is C13H18ClN3O3S. The first-order valence-electron chi connectivity index (χ1n) is 6.60. The van der Waals surface area contributed by atoms with E-state index in [4.69, 9.17) is 17.3 Å². The molecule has 2 rings (SSSR count). The lowest BCUT2D eigenvalue weighted by atomic mass is 10.2. The molecule has 1 heterocycles. The highest BCUT2D eigenvalue weighted by atomic mass is 35.5. The van der Waals surface area contributed by atoms with E-state index in [9.17, 15) is 13.2 Å². The van der Waals surface area contributed by atoms with E-state index in [2.05, 4.69) is 5.32 Å². The third-order valence-corrected chi connectivity index (χ3v) is 5.65. The van der Waals surface area contributed by atoms with Crippen LogP contribution >= 0.6 is 11.6 Å². The maximum Gasteiger partial charge on any atom is 0.243 e. The summed E-state index contributed by atoms with van der Waals surface area (Å²) >= 11 is 6.02. The highest BCUT2D eigenvalue weighted by Crippen LogP contribution is 2.25. The number of carbonyl (C=O) groups excluding carboxylic acids is 1. The molecule has 1 atom stereocenters. The van der Waals surface area contributed by atoms with Gasteiger partial charge in [-0.25, -0.2) is 8.42 Å². The van der Waals surface area contributed by atoms with Gasteiger partial charge < -0.3 is 11.1 Å². The molecule has 0 radical (unpaired) electrons. The van der Waals surface area contributed by atoms with Crippen molar-refractivity contribution >= 4 is 27.5 Å². The minimum Gasteiger partial charge on any atom is -0.352 e. The van der Waals surface area contributed by atoms with Crippen molar-refractivity contribution in [2.45, 2.75) is 30.8 Å². The summed E-state index contributed by atoms with van der Waals surface area (Å²) in [5.74, 6) is -0.158. The number of nitrogens with one attached hydrogen (secondary N) is 1. The van der Waals surface area contributed by atoms with Crippen LogP contribution in [0, 0.1) is 0 Å². The number of nitrogens with zero attached hydrogens (tertiary/aromatic N) is 1. The molecule has 1 aromatic carbocycles. The van der Waals surface area contributed by atoms with E-state index in [0.717, 1.165) is 0 Å². The van der Waals surface area contributed by atoms with Gasteiger partial charge in [0.1, 0.15) is 0 Å². The van der Waals surface area contributed by atoms with Crippen LogP contribution in [0.25, 0.3) is 0 Å². The summed E-state index contributed by atoms with van der Waals surface area (Å²) < 4.78 is 26.4. The van der Waals surface area contributed by atoms with Crippen LogP contribution in [0.3, 0.4) is 0 Å². The number of nitrogens with two attached hydrogens (primary N) is 1. The van der Waals surface area contributed by atoms with Crippen LogP contribution in [-0.2, 0) is 21.4 Å². The Kier molecular flexibility index (Phi) is 4.88. The van der Waals surface area contributed by atoms with E-state index < -0.39 is 10.0 Å². The fourth-order valence-corrected chi connectivity index (χ4v) is 4.20. The molecule has 8 heteroatoms. The van der Waals surface area contributed by atoms with Crippen molar-refractivity contribution in [3.8, 4) is 0 Å². The quantitative estimate of drug-likeness (QED) is 0.849. The average Bonchev–Trinajstić information content (AvgIpc) is 2.87. The largest absolute Gasteiger partial charge is 0.352 e. The molecule has 0 saturated carbocycles. The van der Waals surface area contributed by atoms with Crippen molar-refractivity contribution < 1.29 is 13.2 Å². The van der Waals surface area contributed by atoms with Crippen molar-refractivity contribution in [2.75, 3.05) is 13.1 Å². The number of carbonyl (C=O) groups is 1. The smallest absolute Gasteiger partial charge is 0.243 e. The highest BCUT2D eigenvalue weighted by Gasteiger charge is 2.33. The first-order valence-corrected chi connectivity index (χ1v) is 8.42. The fourth-order valence-electron chi connectivity index (χ4n) is 2.35. The zero-order valence-corrected chi connectivity index (χ0v) is 13.2. The summed E-state index contributed by atoms with van der Waals surface area (Å²) in [6.07, 6.45) is 0.605. The first kappa shape index (κ1) is 16.2. The standard InChI is InChI=1S/C13H18ClN3O3S/c1-9(18)16-11-4-5-17(8-11)21(19,20)12-3-2-10(7-15)13(14)6-12/h2-3,6,11H,4-5,7-8,15H2,1H3,(H,16,18). The van der Waals surface area contributed by atoms with Crippen molar-refractivity contribution in [3.63, 3.8) is 0 Å². The van der Waals surface area contributed by atoms with Crippen molar-refractivity contribution in [3.05, 3.63) is 28.8 Å². The number of hydrogen-bond donors (Lipinski definition) is 2. The predicted octanol–water partition coefficient (Wildman–Crippen LogP) is 0.698. The Hall–Kier alpha value is -1.15. The zero-order valence-electron chi connectivity index (χ0n) is 11.7. The normalized spacial score (nSPS) is 19.7. The molecule has 3 N–H and O–H groups in total. The SMILES string of the molecule is CC(=O)NC1CCN(S(=O)(=O)c2ccc(CN)c(Cl)c2)C1. The molecule has 1 aromatic rings. The Morgan fingerprint density at radius 1 is 1.52 bits per heavy atom. The van der Waals surface area contributed by atoms with E-state index in [1.807, 2.05) is 0 Å². The summed E-state index contributed by atoms with van der Waals surface area (Å²) in [4.78, 5) is 11.2. The second-order valence-corrected chi connectivity index (χ2v) is 7.35. The van der Waals surface area contributed by atoms with Crippen LogP contribution in [0.4, 0.5) is 0 Å². The topological polar surface area (TPSA) is 92.5 Å². The maximum absolute atomic E-state index is 12.5. The van der Waals surface area contributed by atoms with E-state index in [1.165, 1.54) is 23.4 Å². The molecule has 6 nitrogen and oxygen atoms in total. The van der Waals surface area contributed by atoms with Gasteiger partial charge in [0.2, 0.25) is 15.9 Å². The molecule has 1 fully saturated rings. The molecule has 1 aliphatic heterocycles. The van der Waals surface area contributed by atoms with E-state index in [1.54, 1.807) is 6.07 Å². The van der Waals surface area contributed by atoms with Crippen molar-refractivity contribution in [1.29, 1.82) is 0 Å². The second-order valence-electron chi connectivity index (χ2n) is 5.01. The molecular weight excluding hydrogens is 314 g/mol. The first-order chi connectivity index (χ1) is 9.84. The number of rotatable bonds is 4. The summed E-state index contributed by atoms with van der Waals surface area (Å²) in [7, 11) is -3.60. The summed E-state index contributed by atoms with van der Waals surface area (Å²) in [6, 6.07) is 4.41. The summed E-state index contributed by atoms with van der Waals surface area (Å²) in [6.45, 7) is 2.33. The van der Waals surface area contributed by atoms with Crippen LogP contribution in [0.15, 0.2) is 23.1 Å². The van der Waals surface area contributed by atoms with Crippen molar-refractivity contribution in [1.82, 2.24) is 9.62 Å². The minimum absolute atomic E-state index is 0.143. The van der Waals surface area contributed by atoms with Gasteiger partial charge in [0, 0.05) is 37.6 Å². The number of amides is 1. The lowest BCUT2D eigenvalue weighted by Gasteiger charge is -2.17. The highest BCUT2D eigenvalue weighted by molar-refractivity contribution is 7.89. The van der Waals surface area contributed by atoms with Gasteiger partial charge in [0.25, 0.3) is 0 Å². The van der Waals surface area contributed by atoms with E-state index >= 15 is 0 Å². The van der Waals surface area contributed by atoms with Gasteiger partial charge in [0.15, 0.2) is 0 Å². The Morgan fingerprint density at radius 3 is 2.81 bits per heavy atom. The Bertz CT molecular complexity index is 648. The molecule has 0 spiro atoms. The second kappa shape index (κ2) is 6.31. The Labute approximate surface area is 129 Å². The third kappa shape index (κ3) is 3.55. The van der Waals surface area contributed by atoms with Gasteiger partial charge in [-0.15, -0.1) is 0 Å². The van der Waals surface area contributed by atoms with E-state index in [0.29, 0.717) is 23.6 Å². The minimum atomic E-state index is -3.60. The monoisotopic (exact) mass is 331 g/mol. The molecule has 0 aromatic heterocycles. The van der Waals surface area contributed by atoms with E-state index in [-0.39, 0.29) is 29.9 Å². The van der Waals surface area contributed by atoms with Crippen LogP contribution in [0.5, 0.6) is 0 Å². The molecule has 1 saturated heterocycles. The van der Waals surface area contributed by atoms with Crippen LogP contribution in [-0.4, -0.2) is 37.8 Å². The van der Waals surface area contributed by atoms with Crippen LogP contribution in [0.2, 0.25) is 5.02 Å². The average molecular weight is 332 g/mol. The maximum atomic E-state index is 12.5. The molecule has 0 aliphatic carbocycles.